The minimum absolute atomic E-state index is 0.150. The maximum atomic E-state index is 13.0. The predicted octanol–water partition coefficient (Wildman–Crippen LogP) is 3.28. The predicted molar refractivity (Wildman–Crippen MR) is 77.0 cm³/mol. The molecule has 0 N–H and O–H groups in total. The molecule has 2 nitrogen and oxygen atoms in total. The molecule has 0 bridgehead atoms. The van der Waals surface area contributed by atoms with Crippen molar-refractivity contribution in [2.24, 2.45) is 0 Å². The second-order valence-corrected chi connectivity index (χ2v) is 6.07. The number of nitrogens with zero attached hydrogens (tertiary/aromatic N) is 2. The highest BCUT2D eigenvalue weighted by Gasteiger charge is 2.52. The fourth-order valence-corrected chi connectivity index (χ4v) is 3.36. The van der Waals surface area contributed by atoms with Crippen molar-refractivity contribution in [2.75, 3.05) is 24.5 Å². The molecule has 1 saturated heterocycles. The van der Waals surface area contributed by atoms with Crippen LogP contribution in [0.15, 0.2) is 24.3 Å². The summed E-state index contributed by atoms with van der Waals surface area (Å²) >= 11 is 0. The molecule has 19 heavy (non-hydrogen) atoms. The Balaban J connectivity index is 1.74. The van der Waals surface area contributed by atoms with E-state index in [2.05, 4.69) is 23.6 Å². The van der Waals surface area contributed by atoms with Gasteiger partial charge >= 0.3 is 0 Å². The number of hydrogen-bond donors (Lipinski definition) is 0. The molecule has 0 radical (unpaired) electrons. The van der Waals surface area contributed by atoms with Crippen molar-refractivity contribution in [1.82, 2.24) is 4.90 Å². The summed E-state index contributed by atoms with van der Waals surface area (Å²) in [6.07, 6.45) is 3.85. The van der Waals surface area contributed by atoms with Crippen LogP contribution in [0.25, 0.3) is 0 Å². The number of anilines is 1. The van der Waals surface area contributed by atoms with Crippen LogP contribution in [0.4, 0.5) is 10.1 Å². The molecule has 1 aliphatic carbocycles. The highest BCUT2D eigenvalue weighted by atomic mass is 19.1. The molecule has 1 aromatic rings. The van der Waals surface area contributed by atoms with E-state index >= 15 is 0 Å². The van der Waals surface area contributed by atoms with Crippen molar-refractivity contribution in [1.29, 1.82) is 0 Å². The number of rotatable bonds is 3. The Kier molecular flexibility index (Phi) is 3.25. The van der Waals surface area contributed by atoms with Gasteiger partial charge in [-0.25, -0.2) is 4.39 Å². The smallest absolute Gasteiger partial charge is 0.123 e. The third-order valence-corrected chi connectivity index (χ3v) is 4.85. The van der Waals surface area contributed by atoms with Crippen LogP contribution in [-0.4, -0.2) is 36.1 Å². The van der Waals surface area contributed by atoms with E-state index in [1.165, 1.54) is 19.3 Å². The lowest BCUT2D eigenvalue weighted by Crippen LogP contribution is -2.57. The summed E-state index contributed by atoms with van der Waals surface area (Å²) in [5.41, 5.74) is 1.57. The average molecular weight is 262 g/mol. The molecule has 1 heterocycles. The Bertz CT molecular complexity index is 439. The zero-order chi connectivity index (χ0) is 13.5. The Labute approximate surface area is 115 Å². The van der Waals surface area contributed by atoms with Crippen molar-refractivity contribution in [3.8, 4) is 0 Å². The molecule has 1 aliphatic heterocycles. The van der Waals surface area contributed by atoms with E-state index in [0.717, 1.165) is 25.3 Å². The van der Waals surface area contributed by atoms with Gasteiger partial charge in [0.25, 0.3) is 0 Å². The van der Waals surface area contributed by atoms with E-state index < -0.39 is 0 Å². The quantitative estimate of drug-likeness (QED) is 0.825. The largest absolute Gasteiger partial charge is 0.368 e. The van der Waals surface area contributed by atoms with E-state index in [1.807, 2.05) is 12.1 Å². The summed E-state index contributed by atoms with van der Waals surface area (Å²) in [6, 6.07) is 7.62. The average Bonchev–Trinajstić information content (AvgIpc) is 3.18. The summed E-state index contributed by atoms with van der Waals surface area (Å²) < 4.78 is 13.0. The van der Waals surface area contributed by atoms with Gasteiger partial charge in [0.05, 0.1) is 0 Å². The lowest BCUT2D eigenvalue weighted by atomic mass is 10.0. The normalized spacial score (nSPS) is 23.6. The van der Waals surface area contributed by atoms with Crippen LogP contribution in [0.1, 0.15) is 33.1 Å². The van der Waals surface area contributed by atoms with Crippen LogP contribution in [-0.2, 0) is 0 Å². The maximum Gasteiger partial charge on any atom is 0.123 e. The fraction of sp³-hybridized carbons (Fsp3) is 0.625. The van der Waals surface area contributed by atoms with Crippen molar-refractivity contribution in [3.63, 3.8) is 0 Å². The summed E-state index contributed by atoms with van der Waals surface area (Å²) in [5, 5.41) is 0. The summed E-state index contributed by atoms with van der Waals surface area (Å²) in [4.78, 5) is 5.12. The van der Waals surface area contributed by atoms with Crippen LogP contribution >= 0.6 is 0 Å². The van der Waals surface area contributed by atoms with Crippen molar-refractivity contribution in [3.05, 3.63) is 30.1 Å². The molecular weight excluding hydrogens is 239 g/mol. The molecule has 1 spiro atoms. The van der Waals surface area contributed by atoms with E-state index in [4.69, 9.17) is 0 Å². The molecule has 1 unspecified atom stereocenters. The van der Waals surface area contributed by atoms with Gasteiger partial charge in [-0.15, -0.1) is 0 Å². The molecule has 3 heteroatoms. The van der Waals surface area contributed by atoms with Gasteiger partial charge in [0.1, 0.15) is 5.82 Å². The van der Waals surface area contributed by atoms with E-state index in [9.17, 15) is 4.39 Å². The zero-order valence-electron chi connectivity index (χ0n) is 11.9. The molecule has 0 aromatic heterocycles. The second-order valence-electron chi connectivity index (χ2n) is 6.07. The topological polar surface area (TPSA) is 6.48 Å². The van der Waals surface area contributed by atoms with Crippen LogP contribution in [0.5, 0.6) is 0 Å². The standard InChI is InChI=1S/C16H23FN2/c1-3-13(2)19-11-10-18(12-16(19)8-9-16)15-6-4-14(17)5-7-15/h4-7,13H,3,8-12H2,1-2H3. The monoisotopic (exact) mass is 262 g/mol. The number of piperazine rings is 1. The van der Waals surface area contributed by atoms with Crippen molar-refractivity contribution < 1.29 is 4.39 Å². The van der Waals surface area contributed by atoms with Crippen LogP contribution in [0.3, 0.4) is 0 Å². The van der Waals surface area contributed by atoms with Gasteiger partial charge in [0.15, 0.2) is 0 Å². The first-order chi connectivity index (χ1) is 9.14. The second kappa shape index (κ2) is 4.78. The molecular formula is C16H23FN2. The molecule has 0 amide bonds. The van der Waals surface area contributed by atoms with Crippen LogP contribution in [0.2, 0.25) is 0 Å². The lowest BCUT2D eigenvalue weighted by molar-refractivity contribution is 0.107. The highest BCUT2D eigenvalue weighted by molar-refractivity contribution is 5.48. The Hall–Kier alpha value is -1.09. The maximum absolute atomic E-state index is 13.0. The zero-order valence-corrected chi connectivity index (χ0v) is 11.9. The van der Waals surface area contributed by atoms with E-state index in [-0.39, 0.29) is 5.82 Å². The molecule has 104 valence electrons. The van der Waals surface area contributed by atoms with E-state index in [0.29, 0.717) is 11.6 Å². The number of halogens is 1. The van der Waals surface area contributed by atoms with Gasteiger partial charge in [-0.05, 0) is 50.5 Å². The van der Waals surface area contributed by atoms with Crippen molar-refractivity contribution in [2.45, 2.75) is 44.7 Å². The van der Waals surface area contributed by atoms with Crippen LogP contribution in [0, 0.1) is 5.82 Å². The first-order valence-corrected chi connectivity index (χ1v) is 7.42. The Morgan fingerprint density at radius 2 is 1.89 bits per heavy atom. The third kappa shape index (κ3) is 2.36. The highest BCUT2D eigenvalue weighted by Crippen LogP contribution is 2.46. The number of benzene rings is 1. The Morgan fingerprint density at radius 1 is 1.21 bits per heavy atom. The van der Waals surface area contributed by atoms with Gasteiger partial charge < -0.3 is 4.90 Å². The first kappa shape index (κ1) is 12.9. The molecule has 1 saturated carbocycles. The van der Waals surface area contributed by atoms with Gasteiger partial charge in [0, 0.05) is 36.9 Å². The molecule has 2 fully saturated rings. The van der Waals surface area contributed by atoms with Crippen LogP contribution < -0.4 is 4.90 Å². The van der Waals surface area contributed by atoms with Gasteiger partial charge in [0.2, 0.25) is 0 Å². The van der Waals surface area contributed by atoms with Crippen molar-refractivity contribution >= 4 is 5.69 Å². The minimum Gasteiger partial charge on any atom is -0.368 e. The fourth-order valence-electron chi connectivity index (χ4n) is 3.36. The van der Waals surface area contributed by atoms with Gasteiger partial charge in [-0.3, -0.25) is 4.90 Å². The SMILES string of the molecule is CCC(C)N1CCN(c2ccc(F)cc2)CC12CC2. The summed E-state index contributed by atoms with van der Waals surface area (Å²) in [5.74, 6) is -0.150. The molecule has 2 aliphatic rings. The molecule has 1 aromatic carbocycles. The lowest BCUT2D eigenvalue weighted by Gasteiger charge is -2.46. The van der Waals surface area contributed by atoms with Gasteiger partial charge in [-0.1, -0.05) is 6.92 Å². The minimum atomic E-state index is -0.150. The molecule has 1 atom stereocenters. The molecule has 3 rings (SSSR count). The van der Waals surface area contributed by atoms with Gasteiger partial charge in [-0.2, -0.15) is 0 Å². The summed E-state index contributed by atoms with van der Waals surface area (Å²) in [7, 11) is 0. The third-order valence-electron chi connectivity index (χ3n) is 4.85. The first-order valence-electron chi connectivity index (χ1n) is 7.42. The summed E-state index contributed by atoms with van der Waals surface area (Å²) in [6.45, 7) is 7.90. The van der Waals surface area contributed by atoms with E-state index in [1.54, 1.807) is 12.1 Å². The Morgan fingerprint density at radius 3 is 2.47 bits per heavy atom. The number of hydrogen-bond acceptors (Lipinski definition) is 2.